The number of nitrogens with zero attached hydrogens (tertiary/aromatic N) is 2. The molecule has 1 amide bonds. The number of hydrogen-bond donors (Lipinski definition) is 1. The molecule has 11 heteroatoms. The minimum atomic E-state index is -4.61. The number of thioether (sulfide) groups is 1. The summed E-state index contributed by atoms with van der Waals surface area (Å²) >= 11 is 1.04. The van der Waals surface area contributed by atoms with Crippen LogP contribution in [0.3, 0.4) is 0 Å². The predicted molar refractivity (Wildman–Crippen MR) is 103 cm³/mol. The zero-order chi connectivity index (χ0) is 21.7. The Morgan fingerprint density at radius 2 is 1.83 bits per heavy atom. The Morgan fingerprint density at radius 1 is 1.13 bits per heavy atom. The number of benzene rings is 2. The summed E-state index contributed by atoms with van der Waals surface area (Å²) in [6.45, 7) is -1.74. The van der Waals surface area contributed by atoms with Gasteiger partial charge >= 0.3 is 12.3 Å². The van der Waals surface area contributed by atoms with Crippen molar-refractivity contribution < 1.29 is 27.1 Å². The summed E-state index contributed by atoms with van der Waals surface area (Å²) < 4.78 is 55.7. The maximum absolute atomic E-state index is 14.3. The molecule has 3 rings (SSSR count). The summed E-state index contributed by atoms with van der Waals surface area (Å²) in [6, 6.07) is 12.3. The molecule has 0 atom stereocenters. The van der Waals surface area contributed by atoms with Crippen LogP contribution in [0.1, 0.15) is 0 Å². The molecule has 3 aromatic rings. The standard InChI is InChI=1S/C19H15F4N3O3S/c20-13-6-2-4-8-15(13)26-16(27)12-5-1-3-7-14(12)25-17(26)30-10-9-24-18(28)29-11-19(21,22)23/h1-8H,9-11H2,(H,24,28). The van der Waals surface area contributed by atoms with E-state index in [2.05, 4.69) is 15.0 Å². The van der Waals surface area contributed by atoms with Gasteiger partial charge in [-0.15, -0.1) is 0 Å². The minimum absolute atomic E-state index is 0.0146. The first kappa shape index (κ1) is 21.6. The molecule has 1 heterocycles. The molecule has 6 nitrogen and oxygen atoms in total. The van der Waals surface area contributed by atoms with E-state index in [1.165, 1.54) is 18.2 Å². The van der Waals surface area contributed by atoms with Crippen LogP contribution in [0.2, 0.25) is 0 Å². The fraction of sp³-hybridized carbons (Fsp3) is 0.211. The van der Waals surface area contributed by atoms with E-state index in [1.54, 1.807) is 30.3 Å². The maximum atomic E-state index is 14.3. The highest BCUT2D eigenvalue weighted by Gasteiger charge is 2.29. The maximum Gasteiger partial charge on any atom is 0.422 e. The fourth-order valence-electron chi connectivity index (χ4n) is 2.55. The van der Waals surface area contributed by atoms with Gasteiger partial charge in [-0.25, -0.2) is 14.2 Å². The number of aromatic nitrogens is 2. The first-order valence-corrected chi connectivity index (χ1v) is 9.62. The second kappa shape index (κ2) is 9.16. The lowest BCUT2D eigenvalue weighted by Gasteiger charge is -2.14. The van der Waals surface area contributed by atoms with E-state index in [0.717, 1.165) is 16.3 Å². The number of fused-ring (bicyclic) bond motifs is 1. The van der Waals surface area contributed by atoms with Gasteiger partial charge in [-0.3, -0.25) is 9.36 Å². The van der Waals surface area contributed by atoms with Crippen LogP contribution in [0.4, 0.5) is 22.4 Å². The van der Waals surface area contributed by atoms with Crippen molar-refractivity contribution in [1.82, 2.24) is 14.9 Å². The molecular formula is C19H15F4N3O3S. The first-order valence-electron chi connectivity index (χ1n) is 8.63. The third-order valence-electron chi connectivity index (χ3n) is 3.81. The molecule has 0 saturated heterocycles. The van der Waals surface area contributed by atoms with E-state index < -0.39 is 30.3 Å². The van der Waals surface area contributed by atoms with Gasteiger partial charge in [0, 0.05) is 12.3 Å². The van der Waals surface area contributed by atoms with Crippen molar-refractivity contribution in [3.63, 3.8) is 0 Å². The average molecular weight is 441 g/mol. The van der Waals surface area contributed by atoms with E-state index >= 15 is 0 Å². The lowest BCUT2D eigenvalue weighted by Crippen LogP contribution is -2.30. The van der Waals surface area contributed by atoms with Crippen molar-refractivity contribution >= 4 is 28.8 Å². The third kappa shape index (κ3) is 5.29. The summed E-state index contributed by atoms with van der Waals surface area (Å²) in [5.74, 6) is -0.465. The van der Waals surface area contributed by atoms with Crippen LogP contribution in [-0.2, 0) is 4.74 Å². The molecule has 1 aromatic heterocycles. The summed E-state index contributed by atoms with van der Waals surface area (Å²) in [5.41, 5.74) is -0.0401. The zero-order valence-electron chi connectivity index (χ0n) is 15.3. The molecule has 0 radical (unpaired) electrons. The van der Waals surface area contributed by atoms with E-state index in [9.17, 15) is 27.2 Å². The Balaban J connectivity index is 1.80. The number of alkyl carbamates (subject to hydrolysis) is 1. The quantitative estimate of drug-likeness (QED) is 0.272. The molecule has 30 heavy (non-hydrogen) atoms. The van der Waals surface area contributed by atoms with Gasteiger partial charge in [0.15, 0.2) is 11.8 Å². The number of rotatable bonds is 6. The lowest BCUT2D eigenvalue weighted by atomic mass is 10.2. The highest BCUT2D eigenvalue weighted by molar-refractivity contribution is 7.99. The van der Waals surface area contributed by atoms with Gasteiger partial charge in [0.2, 0.25) is 0 Å². The number of para-hydroxylation sites is 2. The van der Waals surface area contributed by atoms with Crippen molar-refractivity contribution in [3.05, 3.63) is 64.7 Å². The Hall–Kier alpha value is -3.08. The predicted octanol–water partition coefficient (Wildman–Crippen LogP) is 3.91. The Labute approximate surface area is 171 Å². The van der Waals surface area contributed by atoms with Crippen molar-refractivity contribution in [2.45, 2.75) is 11.3 Å². The number of carbonyl (C=O) groups is 1. The van der Waals surface area contributed by atoms with Crippen LogP contribution < -0.4 is 10.9 Å². The van der Waals surface area contributed by atoms with E-state index in [-0.39, 0.29) is 23.1 Å². The van der Waals surface area contributed by atoms with Gasteiger partial charge in [-0.1, -0.05) is 36.0 Å². The van der Waals surface area contributed by atoms with Crippen molar-refractivity contribution in [2.75, 3.05) is 18.9 Å². The van der Waals surface area contributed by atoms with E-state index in [0.29, 0.717) is 10.9 Å². The van der Waals surface area contributed by atoms with Crippen LogP contribution >= 0.6 is 11.8 Å². The average Bonchev–Trinajstić information content (AvgIpc) is 2.70. The second-order valence-electron chi connectivity index (χ2n) is 5.97. The molecule has 2 aromatic carbocycles. The van der Waals surface area contributed by atoms with Crippen LogP contribution in [0.5, 0.6) is 0 Å². The number of hydrogen-bond acceptors (Lipinski definition) is 5. The van der Waals surface area contributed by atoms with Gasteiger partial charge in [-0.2, -0.15) is 13.2 Å². The van der Waals surface area contributed by atoms with Gasteiger partial charge in [0.1, 0.15) is 5.82 Å². The fourth-order valence-corrected chi connectivity index (χ4v) is 3.41. The van der Waals surface area contributed by atoms with Gasteiger partial charge in [0.05, 0.1) is 16.6 Å². The molecule has 0 fully saturated rings. The molecular weight excluding hydrogens is 426 g/mol. The van der Waals surface area contributed by atoms with E-state index in [4.69, 9.17) is 0 Å². The van der Waals surface area contributed by atoms with Crippen molar-refractivity contribution in [2.24, 2.45) is 0 Å². The summed E-state index contributed by atoms with van der Waals surface area (Å²) in [4.78, 5) is 28.7. The second-order valence-corrected chi connectivity index (χ2v) is 7.03. The number of alkyl halides is 3. The molecule has 0 saturated carbocycles. The molecule has 1 N–H and O–H groups in total. The molecule has 0 aliphatic rings. The normalized spacial score (nSPS) is 11.5. The number of nitrogens with one attached hydrogen (secondary N) is 1. The van der Waals surface area contributed by atoms with Crippen LogP contribution in [-0.4, -0.2) is 40.7 Å². The number of halogens is 4. The third-order valence-corrected chi connectivity index (χ3v) is 4.75. The molecule has 0 aliphatic carbocycles. The van der Waals surface area contributed by atoms with E-state index in [1.807, 2.05) is 0 Å². The Morgan fingerprint density at radius 3 is 2.57 bits per heavy atom. The monoisotopic (exact) mass is 441 g/mol. The molecule has 0 spiro atoms. The van der Waals surface area contributed by atoms with Crippen molar-refractivity contribution in [3.8, 4) is 5.69 Å². The zero-order valence-corrected chi connectivity index (χ0v) is 16.1. The smallest absolute Gasteiger partial charge is 0.422 e. The van der Waals surface area contributed by atoms with Crippen molar-refractivity contribution in [1.29, 1.82) is 0 Å². The Kier molecular flexibility index (Phi) is 6.60. The highest BCUT2D eigenvalue weighted by atomic mass is 32.2. The lowest BCUT2D eigenvalue weighted by molar-refractivity contribution is -0.160. The van der Waals surface area contributed by atoms with Crippen LogP contribution in [0.15, 0.2) is 58.5 Å². The van der Waals surface area contributed by atoms with Gasteiger partial charge in [-0.05, 0) is 24.3 Å². The largest absolute Gasteiger partial charge is 0.440 e. The molecule has 0 unspecified atom stereocenters. The van der Waals surface area contributed by atoms with Crippen LogP contribution in [0.25, 0.3) is 16.6 Å². The topological polar surface area (TPSA) is 73.2 Å². The number of carbonyl (C=O) groups excluding carboxylic acids is 1. The Bertz CT molecular complexity index is 1120. The van der Waals surface area contributed by atoms with Gasteiger partial charge < -0.3 is 10.1 Å². The SMILES string of the molecule is O=C(NCCSc1nc2ccccc2c(=O)n1-c1ccccc1F)OCC(F)(F)F. The number of ether oxygens (including phenoxy) is 1. The minimum Gasteiger partial charge on any atom is -0.440 e. The van der Waals surface area contributed by atoms with Crippen LogP contribution in [0, 0.1) is 5.82 Å². The number of amides is 1. The summed E-state index contributed by atoms with van der Waals surface area (Å²) in [7, 11) is 0. The molecule has 158 valence electrons. The molecule has 0 bridgehead atoms. The highest BCUT2D eigenvalue weighted by Crippen LogP contribution is 2.22. The first-order chi connectivity index (χ1) is 14.3. The van der Waals surface area contributed by atoms with Gasteiger partial charge in [0.25, 0.3) is 5.56 Å². The summed E-state index contributed by atoms with van der Waals surface area (Å²) in [6.07, 6.45) is -5.83. The molecule has 0 aliphatic heterocycles. The summed E-state index contributed by atoms with van der Waals surface area (Å²) in [5, 5.41) is 2.66.